The number of nitrogens with two attached hydrogens (primary N) is 1. The number of imidazole rings is 1. The molecule has 1 aliphatic heterocycles. The van der Waals surface area contributed by atoms with Crippen molar-refractivity contribution in [2.45, 2.75) is 31.7 Å². The molecule has 2 N–H and O–H groups in total. The number of nitrogens with zero attached hydrogens (tertiary/aromatic N) is 4. The number of oxime groups is 1. The molecule has 2 aromatic carbocycles. The van der Waals surface area contributed by atoms with E-state index in [1.54, 1.807) is 4.57 Å². The summed E-state index contributed by atoms with van der Waals surface area (Å²) >= 11 is 6.03. The summed E-state index contributed by atoms with van der Waals surface area (Å²) < 4.78 is 3.75. The molecule has 1 fully saturated rings. The number of piperidine rings is 1. The molecule has 0 atom stereocenters. The molecule has 0 spiro atoms. The maximum Gasteiger partial charge on any atom is 0.329 e. The summed E-state index contributed by atoms with van der Waals surface area (Å²) in [6.45, 7) is 3.79. The van der Waals surface area contributed by atoms with E-state index in [-0.39, 0.29) is 11.7 Å². The van der Waals surface area contributed by atoms with Crippen LogP contribution in [0.25, 0.3) is 11.0 Å². The van der Waals surface area contributed by atoms with Crippen molar-refractivity contribution in [2.75, 3.05) is 32.8 Å². The fraction of sp³-hybridized carbons (Fsp3) is 0.440. The zero-order valence-corrected chi connectivity index (χ0v) is 19.9. The summed E-state index contributed by atoms with van der Waals surface area (Å²) in [7, 11) is 1.85. The van der Waals surface area contributed by atoms with Gasteiger partial charge in [-0.05, 0) is 62.1 Å². The zero-order valence-electron chi connectivity index (χ0n) is 19.1. The van der Waals surface area contributed by atoms with Crippen LogP contribution in [0.15, 0.2) is 58.5 Å². The molecule has 8 heteroatoms. The van der Waals surface area contributed by atoms with Gasteiger partial charge in [-0.3, -0.25) is 9.13 Å². The lowest BCUT2D eigenvalue weighted by molar-refractivity contribution is 0.151. The standard InChI is InChI=1S/C25H32ClN5O2/c1-29-23-6-2-3-7-24(23)31(25(29)32)21-12-16-30(17-13-21)15-4-5-22(28-33-18-14-27)19-8-10-20(26)11-9-19/h2-3,6-11,21H,4-5,12-18,27H2,1H3/b28-22+. The average molecular weight is 470 g/mol. The van der Waals surface area contributed by atoms with Gasteiger partial charge in [0.2, 0.25) is 0 Å². The van der Waals surface area contributed by atoms with Gasteiger partial charge in [0, 0.05) is 37.7 Å². The Morgan fingerprint density at radius 2 is 1.82 bits per heavy atom. The Morgan fingerprint density at radius 1 is 1.12 bits per heavy atom. The number of hydrogen-bond acceptors (Lipinski definition) is 5. The quantitative estimate of drug-likeness (QED) is 0.294. The van der Waals surface area contributed by atoms with Gasteiger partial charge in [0.25, 0.3) is 0 Å². The molecule has 1 aliphatic rings. The van der Waals surface area contributed by atoms with Crippen molar-refractivity contribution in [3.63, 3.8) is 0 Å². The van der Waals surface area contributed by atoms with Gasteiger partial charge in [-0.2, -0.15) is 0 Å². The first-order chi connectivity index (χ1) is 16.1. The van der Waals surface area contributed by atoms with E-state index in [0.717, 1.165) is 67.6 Å². The number of rotatable bonds is 9. The van der Waals surface area contributed by atoms with E-state index in [1.807, 2.05) is 60.1 Å². The molecule has 0 unspecified atom stereocenters. The first-order valence-corrected chi connectivity index (χ1v) is 12.0. The number of aryl methyl sites for hydroxylation is 1. The number of hydrogen-bond donors (Lipinski definition) is 1. The molecule has 0 saturated carbocycles. The van der Waals surface area contributed by atoms with Crippen molar-refractivity contribution in [1.29, 1.82) is 0 Å². The van der Waals surface area contributed by atoms with Crippen molar-refractivity contribution in [3.05, 3.63) is 69.6 Å². The van der Waals surface area contributed by atoms with Gasteiger partial charge in [0.1, 0.15) is 6.61 Å². The van der Waals surface area contributed by atoms with Gasteiger partial charge in [-0.1, -0.05) is 41.0 Å². The summed E-state index contributed by atoms with van der Waals surface area (Å²) in [5.41, 5.74) is 9.57. The van der Waals surface area contributed by atoms with Crippen molar-refractivity contribution in [1.82, 2.24) is 14.0 Å². The minimum atomic E-state index is 0.0796. The van der Waals surface area contributed by atoms with Crippen molar-refractivity contribution in [2.24, 2.45) is 17.9 Å². The Hall–Kier alpha value is -2.61. The lowest BCUT2D eigenvalue weighted by atomic mass is 10.0. The Kier molecular flexibility index (Phi) is 7.85. The van der Waals surface area contributed by atoms with Gasteiger partial charge in [-0.25, -0.2) is 4.79 Å². The second kappa shape index (κ2) is 11.0. The summed E-state index contributed by atoms with van der Waals surface area (Å²) in [6.07, 6.45) is 3.75. The number of halogens is 1. The minimum absolute atomic E-state index is 0.0796. The Morgan fingerprint density at radius 3 is 2.52 bits per heavy atom. The van der Waals surface area contributed by atoms with Gasteiger partial charge in [0.15, 0.2) is 0 Å². The van der Waals surface area contributed by atoms with E-state index in [2.05, 4.69) is 10.1 Å². The topological polar surface area (TPSA) is 77.8 Å². The Balaban J connectivity index is 1.33. The molecule has 4 rings (SSSR count). The van der Waals surface area contributed by atoms with Gasteiger partial charge in [-0.15, -0.1) is 0 Å². The van der Waals surface area contributed by atoms with Gasteiger partial charge < -0.3 is 15.5 Å². The maximum atomic E-state index is 12.9. The van der Waals surface area contributed by atoms with E-state index in [9.17, 15) is 4.79 Å². The van der Waals surface area contributed by atoms with Crippen molar-refractivity contribution < 1.29 is 4.84 Å². The molecular formula is C25H32ClN5O2. The van der Waals surface area contributed by atoms with E-state index >= 15 is 0 Å². The number of para-hydroxylation sites is 2. The lowest BCUT2D eigenvalue weighted by Crippen LogP contribution is -2.38. The van der Waals surface area contributed by atoms with E-state index in [1.165, 1.54) is 0 Å². The van der Waals surface area contributed by atoms with E-state index in [0.29, 0.717) is 18.2 Å². The van der Waals surface area contributed by atoms with Crippen LogP contribution in [0.2, 0.25) is 5.02 Å². The van der Waals surface area contributed by atoms with Crippen LogP contribution in [0.3, 0.4) is 0 Å². The Labute approximate surface area is 199 Å². The van der Waals surface area contributed by atoms with Crippen LogP contribution in [0.1, 0.15) is 37.3 Å². The molecule has 176 valence electrons. The molecule has 2 heterocycles. The molecule has 0 radical (unpaired) electrons. The molecular weight excluding hydrogens is 438 g/mol. The minimum Gasteiger partial charge on any atom is -0.394 e. The lowest BCUT2D eigenvalue weighted by Gasteiger charge is -2.32. The summed E-state index contributed by atoms with van der Waals surface area (Å²) in [4.78, 5) is 20.7. The van der Waals surface area contributed by atoms with Crippen molar-refractivity contribution in [3.8, 4) is 0 Å². The highest BCUT2D eigenvalue weighted by atomic mass is 35.5. The first kappa shape index (κ1) is 23.5. The third-order valence-electron chi connectivity index (χ3n) is 6.37. The summed E-state index contributed by atoms with van der Waals surface area (Å²) in [5.74, 6) is 0. The van der Waals surface area contributed by atoms with Crippen LogP contribution in [-0.2, 0) is 11.9 Å². The number of likely N-dealkylation sites (tertiary alicyclic amines) is 1. The van der Waals surface area contributed by atoms with Crippen molar-refractivity contribution >= 4 is 28.3 Å². The molecule has 1 saturated heterocycles. The van der Waals surface area contributed by atoms with Crippen LogP contribution in [0.4, 0.5) is 0 Å². The summed E-state index contributed by atoms with van der Waals surface area (Å²) in [6, 6.07) is 16.0. The van der Waals surface area contributed by atoms with E-state index in [4.69, 9.17) is 22.2 Å². The number of fused-ring (bicyclic) bond motifs is 1. The third kappa shape index (κ3) is 5.49. The SMILES string of the molecule is Cn1c(=O)n(C2CCN(CCC/C(=N\OCCN)c3ccc(Cl)cc3)CC2)c2ccccc21. The zero-order chi connectivity index (χ0) is 23.2. The molecule has 7 nitrogen and oxygen atoms in total. The molecule has 33 heavy (non-hydrogen) atoms. The smallest absolute Gasteiger partial charge is 0.329 e. The largest absolute Gasteiger partial charge is 0.394 e. The molecule has 0 aliphatic carbocycles. The van der Waals surface area contributed by atoms with Crippen LogP contribution in [-0.4, -0.2) is 52.5 Å². The fourth-order valence-electron chi connectivity index (χ4n) is 4.60. The highest BCUT2D eigenvalue weighted by molar-refractivity contribution is 6.30. The normalized spacial score (nSPS) is 15.9. The first-order valence-electron chi connectivity index (χ1n) is 11.6. The third-order valence-corrected chi connectivity index (χ3v) is 6.62. The average Bonchev–Trinajstić information content (AvgIpc) is 3.09. The molecule has 0 bridgehead atoms. The van der Waals surface area contributed by atoms with Crippen LogP contribution >= 0.6 is 11.6 Å². The molecule has 0 amide bonds. The second-order valence-corrected chi connectivity index (χ2v) is 8.98. The summed E-state index contributed by atoms with van der Waals surface area (Å²) in [5, 5.41) is 5.03. The molecule has 3 aromatic rings. The van der Waals surface area contributed by atoms with Gasteiger partial charge in [0.05, 0.1) is 16.7 Å². The fourth-order valence-corrected chi connectivity index (χ4v) is 4.73. The van der Waals surface area contributed by atoms with Crippen LogP contribution in [0, 0.1) is 0 Å². The van der Waals surface area contributed by atoms with Crippen LogP contribution in [0.5, 0.6) is 0 Å². The van der Waals surface area contributed by atoms with E-state index < -0.39 is 0 Å². The highest BCUT2D eigenvalue weighted by Gasteiger charge is 2.24. The highest BCUT2D eigenvalue weighted by Crippen LogP contribution is 2.25. The predicted molar refractivity (Wildman–Crippen MR) is 134 cm³/mol. The van der Waals surface area contributed by atoms with Crippen LogP contribution < -0.4 is 11.4 Å². The number of benzene rings is 2. The monoisotopic (exact) mass is 469 g/mol. The predicted octanol–water partition coefficient (Wildman–Crippen LogP) is 3.79. The number of aromatic nitrogens is 2. The Bertz CT molecular complexity index is 1140. The molecule has 1 aromatic heterocycles. The second-order valence-electron chi connectivity index (χ2n) is 8.54. The maximum absolute atomic E-state index is 12.9. The van der Waals surface area contributed by atoms with Gasteiger partial charge >= 0.3 is 5.69 Å².